The lowest BCUT2D eigenvalue weighted by Crippen LogP contribution is -2.13. The Kier molecular flexibility index (Phi) is 5.39. The molecule has 3 rings (SSSR count). The quantitative estimate of drug-likeness (QED) is 0.662. The van der Waals surface area contributed by atoms with Crippen molar-refractivity contribution in [3.8, 4) is 5.75 Å². The number of rotatable bonds is 5. The number of methoxy groups -OCH3 is 1. The first kappa shape index (κ1) is 17.8. The topological polar surface area (TPSA) is 63.2 Å². The molecule has 0 aliphatic rings. The van der Waals surface area contributed by atoms with Gasteiger partial charge in [-0.3, -0.25) is 4.79 Å². The smallest absolute Gasteiger partial charge is 0.259 e. The van der Waals surface area contributed by atoms with Crippen LogP contribution < -0.4 is 15.4 Å². The molecule has 132 valence electrons. The van der Waals surface area contributed by atoms with Crippen molar-refractivity contribution in [2.24, 2.45) is 0 Å². The maximum atomic E-state index is 12.4. The number of halogens is 1. The molecule has 26 heavy (non-hydrogen) atoms. The number of aryl methyl sites for hydroxylation is 1. The Morgan fingerprint density at radius 2 is 1.92 bits per heavy atom. The first-order chi connectivity index (χ1) is 12.6. The van der Waals surface area contributed by atoms with Gasteiger partial charge in [-0.15, -0.1) is 0 Å². The lowest BCUT2D eigenvalue weighted by Gasteiger charge is -2.11. The molecule has 0 aliphatic heterocycles. The molecule has 0 radical (unpaired) electrons. The Morgan fingerprint density at radius 3 is 2.62 bits per heavy atom. The summed E-state index contributed by atoms with van der Waals surface area (Å²) in [5, 5.41) is 6.73. The second-order valence-corrected chi connectivity index (χ2v) is 6.11. The summed E-state index contributed by atoms with van der Waals surface area (Å²) < 4.78 is 5.21. The lowest BCUT2D eigenvalue weighted by atomic mass is 10.2. The molecule has 2 N–H and O–H groups in total. The molecule has 0 saturated heterocycles. The van der Waals surface area contributed by atoms with Crippen LogP contribution in [0, 0.1) is 6.92 Å². The highest BCUT2D eigenvalue weighted by Gasteiger charge is 2.11. The van der Waals surface area contributed by atoms with Crippen molar-refractivity contribution in [1.82, 2.24) is 4.98 Å². The van der Waals surface area contributed by atoms with Crippen LogP contribution >= 0.6 is 11.6 Å². The first-order valence-corrected chi connectivity index (χ1v) is 8.38. The highest BCUT2D eigenvalue weighted by atomic mass is 35.5. The number of hydrogen-bond donors (Lipinski definition) is 2. The molecule has 0 bridgehead atoms. The molecule has 0 spiro atoms. The van der Waals surface area contributed by atoms with Gasteiger partial charge in [0.25, 0.3) is 5.91 Å². The molecule has 0 fully saturated rings. The van der Waals surface area contributed by atoms with E-state index >= 15 is 0 Å². The molecule has 0 saturated carbocycles. The van der Waals surface area contributed by atoms with E-state index < -0.39 is 0 Å². The number of benzene rings is 2. The molecule has 3 aromatic rings. The zero-order chi connectivity index (χ0) is 18.5. The number of pyridine rings is 1. The summed E-state index contributed by atoms with van der Waals surface area (Å²) in [7, 11) is 1.53. The number of hydrogen-bond acceptors (Lipinski definition) is 4. The average Bonchev–Trinajstić information content (AvgIpc) is 2.65. The van der Waals surface area contributed by atoms with Crippen molar-refractivity contribution in [2.45, 2.75) is 6.92 Å². The fourth-order valence-corrected chi connectivity index (χ4v) is 2.70. The third-order valence-corrected chi connectivity index (χ3v) is 4.06. The number of aromatic nitrogens is 1. The van der Waals surface area contributed by atoms with Gasteiger partial charge in [0.1, 0.15) is 11.6 Å². The zero-order valence-corrected chi connectivity index (χ0v) is 15.2. The van der Waals surface area contributed by atoms with Gasteiger partial charge in [0, 0.05) is 10.7 Å². The van der Waals surface area contributed by atoms with Gasteiger partial charge in [-0.05, 0) is 55.0 Å². The highest BCUT2D eigenvalue weighted by molar-refractivity contribution is 6.30. The largest absolute Gasteiger partial charge is 0.496 e. The lowest BCUT2D eigenvalue weighted by molar-refractivity contribution is 0.102. The third-order valence-electron chi connectivity index (χ3n) is 3.82. The maximum Gasteiger partial charge on any atom is 0.259 e. The van der Waals surface area contributed by atoms with Gasteiger partial charge >= 0.3 is 0 Å². The summed E-state index contributed by atoms with van der Waals surface area (Å²) >= 11 is 5.97. The summed E-state index contributed by atoms with van der Waals surface area (Å²) in [6, 6.07) is 16.2. The van der Waals surface area contributed by atoms with E-state index in [1.807, 2.05) is 31.2 Å². The Balaban J connectivity index is 1.70. The SMILES string of the molecule is COc1ccccc1C(=O)Nc1ccc(Nc2ccc(Cl)cc2C)nc1. The Morgan fingerprint density at radius 1 is 1.12 bits per heavy atom. The van der Waals surface area contributed by atoms with Crippen LogP contribution in [-0.2, 0) is 0 Å². The number of ether oxygens (including phenoxy) is 1. The Bertz CT molecular complexity index is 927. The fourth-order valence-electron chi connectivity index (χ4n) is 2.48. The fraction of sp³-hybridized carbons (Fsp3) is 0.100. The Hall–Kier alpha value is -3.05. The predicted octanol–water partition coefficient (Wildman–Crippen LogP) is 5.05. The van der Waals surface area contributed by atoms with Gasteiger partial charge < -0.3 is 15.4 Å². The molecular formula is C20H18ClN3O2. The molecule has 0 unspecified atom stereocenters. The third kappa shape index (κ3) is 4.13. The summed E-state index contributed by atoms with van der Waals surface area (Å²) in [6.45, 7) is 1.97. The zero-order valence-electron chi connectivity index (χ0n) is 14.4. The summed E-state index contributed by atoms with van der Waals surface area (Å²) in [4.78, 5) is 16.7. The van der Waals surface area contributed by atoms with Crippen LogP contribution in [0.4, 0.5) is 17.2 Å². The average molecular weight is 368 g/mol. The number of carbonyl (C=O) groups excluding carboxylic acids is 1. The number of anilines is 3. The predicted molar refractivity (Wildman–Crippen MR) is 105 cm³/mol. The van der Waals surface area contributed by atoms with Gasteiger partial charge in [-0.2, -0.15) is 0 Å². The number of para-hydroxylation sites is 1. The molecule has 6 heteroatoms. The van der Waals surface area contributed by atoms with Gasteiger partial charge in [0.2, 0.25) is 0 Å². The maximum absolute atomic E-state index is 12.4. The second kappa shape index (κ2) is 7.89. The van der Waals surface area contributed by atoms with E-state index in [0.29, 0.717) is 27.8 Å². The van der Waals surface area contributed by atoms with Crippen LogP contribution in [0.5, 0.6) is 5.75 Å². The summed E-state index contributed by atoms with van der Waals surface area (Å²) in [5.41, 5.74) is 3.01. The van der Waals surface area contributed by atoms with Crippen molar-refractivity contribution >= 4 is 34.7 Å². The number of amides is 1. The number of carbonyl (C=O) groups is 1. The van der Waals surface area contributed by atoms with E-state index in [9.17, 15) is 4.79 Å². The molecule has 0 atom stereocenters. The van der Waals surface area contributed by atoms with E-state index in [1.165, 1.54) is 7.11 Å². The molecule has 1 amide bonds. The molecular weight excluding hydrogens is 350 g/mol. The summed E-state index contributed by atoms with van der Waals surface area (Å²) in [6.07, 6.45) is 1.60. The van der Waals surface area contributed by atoms with E-state index in [4.69, 9.17) is 16.3 Å². The van der Waals surface area contributed by atoms with Crippen LogP contribution in [0.15, 0.2) is 60.8 Å². The van der Waals surface area contributed by atoms with Gasteiger partial charge in [-0.25, -0.2) is 4.98 Å². The van der Waals surface area contributed by atoms with E-state index in [2.05, 4.69) is 15.6 Å². The molecule has 2 aromatic carbocycles. The van der Waals surface area contributed by atoms with E-state index in [0.717, 1.165) is 11.3 Å². The first-order valence-electron chi connectivity index (χ1n) is 8.00. The van der Waals surface area contributed by atoms with Gasteiger partial charge in [0.05, 0.1) is 24.6 Å². The number of nitrogens with one attached hydrogen (secondary N) is 2. The van der Waals surface area contributed by atoms with Crippen LogP contribution in [0.25, 0.3) is 0 Å². The number of nitrogens with zero attached hydrogens (tertiary/aromatic N) is 1. The van der Waals surface area contributed by atoms with Crippen molar-refractivity contribution in [3.63, 3.8) is 0 Å². The van der Waals surface area contributed by atoms with Crippen molar-refractivity contribution in [3.05, 3.63) is 76.9 Å². The minimum atomic E-state index is -0.251. The van der Waals surface area contributed by atoms with Gasteiger partial charge in [-0.1, -0.05) is 23.7 Å². The van der Waals surface area contributed by atoms with Crippen molar-refractivity contribution < 1.29 is 9.53 Å². The van der Waals surface area contributed by atoms with Crippen LogP contribution in [0.2, 0.25) is 5.02 Å². The minimum absolute atomic E-state index is 0.251. The molecule has 5 nitrogen and oxygen atoms in total. The minimum Gasteiger partial charge on any atom is -0.496 e. The summed E-state index contributed by atoms with van der Waals surface area (Å²) in [5.74, 6) is 0.943. The van der Waals surface area contributed by atoms with E-state index in [1.54, 1.807) is 36.5 Å². The standard InChI is InChI=1S/C20H18ClN3O2/c1-13-11-14(21)7-9-17(13)24-19-10-8-15(12-22-19)23-20(25)16-5-3-4-6-18(16)26-2/h3-12H,1-2H3,(H,22,24)(H,23,25). The van der Waals surface area contributed by atoms with Gasteiger partial charge in [0.15, 0.2) is 0 Å². The molecule has 1 aromatic heterocycles. The van der Waals surface area contributed by atoms with Crippen molar-refractivity contribution in [2.75, 3.05) is 17.7 Å². The highest BCUT2D eigenvalue weighted by Crippen LogP contribution is 2.23. The van der Waals surface area contributed by atoms with E-state index in [-0.39, 0.29) is 5.91 Å². The molecule has 0 aliphatic carbocycles. The molecule has 1 heterocycles. The van der Waals surface area contributed by atoms with Crippen LogP contribution in [0.3, 0.4) is 0 Å². The van der Waals surface area contributed by atoms with Crippen LogP contribution in [0.1, 0.15) is 15.9 Å². The Labute approximate surface area is 157 Å². The van der Waals surface area contributed by atoms with Crippen LogP contribution in [-0.4, -0.2) is 18.0 Å². The second-order valence-electron chi connectivity index (χ2n) is 5.67. The monoisotopic (exact) mass is 367 g/mol. The normalized spacial score (nSPS) is 10.3. The van der Waals surface area contributed by atoms with Crippen molar-refractivity contribution in [1.29, 1.82) is 0 Å².